The highest BCUT2D eigenvalue weighted by Gasteiger charge is 1.92. The smallest absolute Gasteiger partial charge is 0.0175 e. The van der Waals surface area contributed by atoms with Crippen molar-refractivity contribution in [1.82, 2.24) is 0 Å². The summed E-state index contributed by atoms with van der Waals surface area (Å²) in [5.41, 5.74) is 6.84. The fourth-order valence-corrected chi connectivity index (χ4v) is 1.57. The van der Waals surface area contributed by atoms with E-state index in [4.69, 9.17) is 5.73 Å². The number of benzene rings is 1. The second-order valence-electron chi connectivity index (χ2n) is 3.23. The first-order chi connectivity index (χ1) is 6.33. The van der Waals surface area contributed by atoms with Gasteiger partial charge >= 0.3 is 0 Å². The lowest BCUT2D eigenvalue weighted by Crippen LogP contribution is -1.98. The van der Waals surface area contributed by atoms with Crippen LogP contribution in [0.15, 0.2) is 28.7 Å². The molecular formula is C11H16BrN. The van der Waals surface area contributed by atoms with Gasteiger partial charge in [-0.15, -0.1) is 0 Å². The molecule has 1 aromatic rings. The standard InChI is InChI=1S/C11H16BrN/c12-11-7-5-10(6-8-11)4-2-1-3-9-13/h5-8H,1-4,9,13H2. The lowest BCUT2D eigenvalue weighted by Gasteiger charge is -2.00. The van der Waals surface area contributed by atoms with Crippen molar-refractivity contribution in [2.45, 2.75) is 25.7 Å². The Labute approximate surface area is 88.5 Å². The van der Waals surface area contributed by atoms with Gasteiger partial charge in [0.05, 0.1) is 0 Å². The van der Waals surface area contributed by atoms with Gasteiger partial charge in [-0.2, -0.15) is 0 Å². The van der Waals surface area contributed by atoms with E-state index < -0.39 is 0 Å². The Kier molecular flexibility index (Phi) is 5.09. The van der Waals surface area contributed by atoms with Crippen molar-refractivity contribution in [2.75, 3.05) is 6.54 Å². The van der Waals surface area contributed by atoms with Gasteiger partial charge in [-0.1, -0.05) is 34.5 Å². The van der Waals surface area contributed by atoms with Crippen molar-refractivity contribution in [1.29, 1.82) is 0 Å². The molecule has 0 aliphatic heterocycles. The molecule has 0 aliphatic rings. The van der Waals surface area contributed by atoms with E-state index in [1.807, 2.05) is 0 Å². The summed E-state index contributed by atoms with van der Waals surface area (Å²) in [7, 11) is 0. The number of hydrogen-bond acceptors (Lipinski definition) is 1. The first-order valence-corrected chi connectivity index (χ1v) is 5.57. The van der Waals surface area contributed by atoms with Gasteiger partial charge in [-0.25, -0.2) is 0 Å². The number of nitrogens with two attached hydrogens (primary N) is 1. The topological polar surface area (TPSA) is 26.0 Å². The maximum absolute atomic E-state index is 5.42. The molecule has 13 heavy (non-hydrogen) atoms. The second kappa shape index (κ2) is 6.17. The average molecular weight is 242 g/mol. The van der Waals surface area contributed by atoms with Crippen molar-refractivity contribution in [3.63, 3.8) is 0 Å². The van der Waals surface area contributed by atoms with Crippen LogP contribution in [0.2, 0.25) is 0 Å². The molecule has 2 heteroatoms. The SMILES string of the molecule is NCCCCCc1ccc(Br)cc1. The lowest BCUT2D eigenvalue weighted by atomic mass is 10.1. The fraction of sp³-hybridized carbons (Fsp3) is 0.455. The van der Waals surface area contributed by atoms with Crippen LogP contribution in [-0.4, -0.2) is 6.54 Å². The number of hydrogen-bond donors (Lipinski definition) is 1. The molecule has 0 amide bonds. The Morgan fingerprint density at radius 2 is 1.69 bits per heavy atom. The molecule has 0 aromatic heterocycles. The first-order valence-electron chi connectivity index (χ1n) is 4.77. The number of rotatable bonds is 5. The van der Waals surface area contributed by atoms with Crippen LogP contribution in [0, 0.1) is 0 Å². The highest BCUT2D eigenvalue weighted by atomic mass is 79.9. The molecule has 0 bridgehead atoms. The first kappa shape index (κ1) is 10.7. The molecule has 2 N–H and O–H groups in total. The molecule has 1 nitrogen and oxygen atoms in total. The summed E-state index contributed by atoms with van der Waals surface area (Å²) in [5, 5.41) is 0. The average Bonchev–Trinajstić information content (AvgIpc) is 2.15. The van der Waals surface area contributed by atoms with E-state index in [1.165, 1.54) is 24.8 Å². The quantitative estimate of drug-likeness (QED) is 0.789. The summed E-state index contributed by atoms with van der Waals surface area (Å²) in [6, 6.07) is 8.54. The van der Waals surface area contributed by atoms with Gasteiger partial charge in [0.15, 0.2) is 0 Å². The minimum atomic E-state index is 0.820. The Balaban J connectivity index is 2.25. The van der Waals surface area contributed by atoms with E-state index in [2.05, 4.69) is 40.2 Å². The van der Waals surface area contributed by atoms with Crippen LogP contribution in [0.5, 0.6) is 0 Å². The van der Waals surface area contributed by atoms with Crippen molar-refractivity contribution in [3.05, 3.63) is 34.3 Å². The number of aryl methyl sites for hydroxylation is 1. The third-order valence-electron chi connectivity index (χ3n) is 2.08. The highest BCUT2D eigenvalue weighted by Crippen LogP contribution is 2.12. The molecule has 0 saturated heterocycles. The Morgan fingerprint density at radius 3 is 2.31 bits per heavy atom. The fourth-order valence-electron chi connectivity index (χ4n) is 1.30. The summed E-state index contributed by atoms with van der Waals surface area (Å²) in [6.07, 6.45) is 4.81. The third-order valence-corrected chi connectivity index (χ3v) is 2.61. The number of unbranched alkanes of at least 4 members (excludes halogenated alkanes) is 2. The van der Waals surface area contributed by atoms with E-state index in [-0.39, 0.29) is 0 Å². The lowest BCUT2D eigenvalue weighted by molar-refractivity contribution is 0.686. The minimum Gasteiger partial charge on any atom is -0.330 e. The molecule has 0 unspecified atom stereocenters. The Bertz CT molecular complexity index is 230. The van der Waals surface area contributed by atoms with Gasteiger partial charge in [-0.3, -0.25) is 0 Å². The molecular weight excluding hydrogens is 226 g/mol. The van der Waals surface area contributed by atoms with Gasteiger partial charge in [0.2, 0.25) is 0 Å². The van der Waals surface area contributed by atoms with Gasteiger partial charge in [-0.05, 0) is 43.5 Å². The van der Waals surface area contributed by atoms with Gasteiger partial charge < -0.3 is 5.73 Å². The number of halogens is 1. The van der Waals surface area contributed by atoms with Gasteiger partial charge in [0.1, 0.15) is 0 Å². The predicted molar refractivity (Wildman–Crippen MR) is 60.8 cm³/mol. The summed E-state index contributed by atoms with van der Waals surface area (Å²) in [5.74, 6) is 0. The van der Waals surface area contributed by atoms with Gasteiger partial charge in [0.25, 0.3) is 0 Å². The van der Waals surface area contributed by atoms with Crippen LogP contribution in [0.4, 0.5) is 0 Å². The second-order valence-corrected chi connectivity index (χ2v) is 4.14. The normalized spacial score (nSPS) is 10.3. The Morgan fingerprint density at radius 1 is 1.00 bits per heavy atom. The predicted octanol–water partition coefficient (Wildman–Crippen LogP) is 3.12. The van der Waals surface area contributed by atoms with Crippen molar-refractivity contribution >= 4 is 15.9 Å². The van der Waals surface area contributed by atoms with Crippen molar-refractivity contribution in [3.8, 4) is 0 Å². The van der Waals surface area contributed by atoms with Crippen LogP contribution in [0.25, 0.3) is 0 Å². The van der Waals surface area contributed by atoms with Crippen LogP contribution in [0.1, 0.15) is 24.8 Å². The molecule has 0 spiro atoms. The van der Waals surface area contributed by atoms with E-state index in [1.54, 1.807) is 0 Å². The van der Waals surface area contributed by atoms with E-state index >= 15 is 0 Å². The van der Waals surface area contributed by atoms with Crippen LogP contribution in [0.3, 0.4) is 0 Å². The maximum Gasteiger partial charge on any atom is 0.0175 e. The molecule has 0 fully saturated rings. The van der Waals surface area contributed by atoms with Crippen LogP contribution >= 0.6 is 15.9 Å². The highest BCUT2D eigenvalue weighted by molar-refractivity contribution is 9.10. The molecule has 1 aromatic carbocycles. The molecule has 0 atom stereocenters. The zero-order valence-corrected chi connectivity index (χ0v) is 9.39. The third kappa shape index (κ3) is 4.44. The summed E-state index contributed by atoms with van der Waals surface area (Å²) in [4.78, 5) is 0. The summed E-state index contributed by atoms with van der Waals surface area (Å²) < 4.78 is 1.15. The molecule has 1 rings (SSSR count). The summed E-state index contributed by atoms with van der Waals surface area (Å²) >= 11 is 3.42. The zero-order chi connectivity index (χ0) is 9.52. The van der Waals surface area contributed by atoms with Gasteiger partial charge in [0, 0.05) is 4.47 Å². The van der Waals surface area contributed by atoms with Crippen molar-refractivity contribution < 1.29 is 0 Å². The molecule has 72 valence electrons. The molecule has 0 radical (unpaired) electrons. The van der Waals surface area contributed by atoms with E-state index in [9.17, 15) is 0 Å². The Hall–Kier alpha value is -0.340. The van der Waals surface area contributed by atoms with Crippen molar-refractivity contribution in [2.24, 2.45) is 5.73 Å². The van der Waals surface area contributed by atoms with E-state index in [0.29, 0.717) is 0 Å². The zero-order valence-electron chi connectivity index (χ0n) is 7.80. The van der Waals surface area contributed by atoms with Crippen LogP contribution in [-0.2, 0) is 6.42 Å². The van der Waals surface area contributed by atoms with Crippen LogP contribution < -0.4 is 5.73 Å². The minimum absolute atomic E-state index is 0.820. The monoisotopic (exact) mass is 241 g/mol. The van der Waals surface area contributed by atoms with E-state index in [0.717, 1.165) is 17.4 Å². The largest absolute Gasteiger partial charge is 0.330 e. The molecule has 0 aliphatic carbocycles. The summed E-state index contributed by atoms with van der Waals surface area (Å²) in [6.45, 7) is 0.820. The molecule has 0 heterocycles. The molecule has 0 saturated carbocycles. The maximum atomic E-state index is 5.42.